The molecule has 0 fully saturated rings. The van der Waals surface area contributed by atoms with E-state index >= 15 is 0 Å². The third-order valence-corrected chi connectivity index (χ3v) is 3.07. The van der Waals surface area contributed by atoms with Gasteiger partial charge in [0.15, 0.2) is 0 Å². The largest absolute Gasteiger partial charge is 0.378 e. The molecule has 0 N–H and O–H groups in total. The number of aryl methyl sites for hydroxylation is 1. The summed E-state index contributed by atoms with van der Waals surface area (Å²) in [7, 11) is 0. The Kier molecular flexibility index (Phi) is 6.46. The first-order valence-corrected chi connectivity index (χ1v) is 6.81. The highest BCUT2D eigenvalue weighted by atomic mass is 15.1. The first-order valence-electron chi connectivity index (χ1n) is 6.81. The number of hydrogen-bond acceptors (Lipinski definition) is 1. The lowest BCUT2D eigenvalue weighted by molar-refractivity contribution is 0.389. The average molecular weight is 231 g/mol. The van der Waals surface area contributed by atoms with Gasteiger partial charge in [-0.3, -0.25) is 0 Å². The molecule has 0 radical (unpaired) electrons. The van der Waals surface area contributed by atoms with Gasteiger partial charge in [-0.25, -0.2) is 0 Å². The smallest absolute Gasteiger partial charge is 0.0172 e. The second kappa shape index (κ2) is 7.94. The minimum Gasteiger partial charge on any atom is -0.378 e. The van der Waals surface area contributed by atoms with Crippen LogP contribution in [0, 0.1) is 0 Å². The Balaban J connectivity index is 2.54. The molecule has 1 nitrogen and oxygen atoms in total. The molecule has 1 heteroatoms. The molecule has 0 saturated heterocycles. The van der Waals surface area contributed by atoms with Gasteiger partial charge in [0, 0.05) is 13.1 Å². The molecule has 0 saturated carbocycles. The normalized spacial score (nSPS) is 11.0. The summed E-state index contributed by atoms with van der Waals surface area (Å²) < 4.78 is 0. The zero-order valence-electron chi connectivity index (χ0n) is 11.4. The lowest BCUT2D eigenvalue weighted by Crippen LogP contribution is -2.17. The fourth-order valence-corrected chi connectivity index (χ4v) is 1.76. The number of unbranched alkanes of at least 4 members (excludes halogenated alkanes) is 1. The first-order chi connectivity index (χ1) is 8.30. The van der Waals surface area contributed by atoms with E-state index in [2.05, 4.69) is 62.2 Å². The van der Waals surface area contributed by atoms with Crippen molar-refractivity contribution in [2.24, 2.45) is 0 Å². The highest BCUT2D eigenvalue weighted by Gasteiger charge is 1.94. The molecule has 1 aromatic carbocycles. The number of hydrogen-bond donors (Lipinski definition) is 0. The Morgan fingerprint density at radius 1 is 1.06 bits per heavy atom. The minimum atomic E-state index is 1.09. The minimum absolute atomic E-state index is 1.09. The molecule has 0 aliphatic carbocycles. The summed E-state index contributed by atoms with van der Waals surface area (Å²) in [6, 6.07) is 8.82. The van der Waals surface area contributed by atoms with Crippen LogP contribution in [0.2, 0.25) is 0 Å². The molecule has 94 valence electrons. The number of rotatable bonds is 7. The van der Waals surface area contributed by atoms with Gasteiger partial charge in [0.05, 0.1) is 0 Å². The predicted octanol–water partition coefficient (Wildman–Crippen LogP) is 4.34. The number of benzene rings is 1. The van der Waals surface area contributed by atoms with Crippen molar-refractivity contribution in [1.82, 2.24) is 4.90 Å². The maximum Gasteiger partial charge on any atom is 0.0172 e. The molecule has 0 heterocycles. The summed E-state index contributed by atoms with van der Waals surface area (Å²) >= 11 is 0. The van der Waals surface area contributed by atoms with E-state index in [1.807, 2.05) is 0 Å². The zero-order chi connectivity index (χ0) is 12.5. The van der Waals surface area contributed by atoms with Crippen LogP contribution in [0.25, 0.3) is 6.08 Å². The maximum atomic E-state index is 2.37. The van der Waals surface area contributed by atoms with Crippen LogP contribution in [-0.2, 0) is 6.42 Å². The van der Waals surface area contributed by atoms with E-state index in [4.69, 9.17) is 0 Å². The van der Waals surface area contributed by atoms with Gasteiger partial charge in [-0.1, -0.05) is 44.5 Å². The van der Waals surface area contributed by atoms with E-state index in [9.17, 15) is 0 Å². The van der Waals surface area contributed by atoms with Gasteiger partial charge in [-0.2, -0.15) is 0 Å². The SMILES string of the molecule is CCCCN(/C=C/c1ccc(CC)cc1)CC. The van der Waals surface area contributed by atoms with Crippen LogP contribution in [0.1, 0.15) is 44.7 Å². The highest BCUT2D eigenvalue weighted by Crippen LogP contribution is 2.07. The third-order valence-electron chi connectivity index (χ3n) is 3.07. The summed E-state index contributed by atoms with van der Waals surface area (Å²) in [5.41, 5.74) is 2.69. The quantitative estimate of drug-likeness (QED) is 0.674. The van der Waals surface area contributed by atoms with Crippen molar-refractivity contribution in [3.8, 4) is 0 Å². The van der Waals surface area contributed by atoms with Crippen LogP contribution < -0.4 is 0 Å². The molecule has 1 rings (SSSR count). The van der Waals surface area contributed by atoms with Crippen molar-refractivity contribution < 1.29 is 0 Å². The molecular weight excluding hydrogens is 206 g/mol. The van der Waals surface area contributed by atoms with Crippen LogP contribution in [0.4, 0.5) is 0 Å². The molecule has 0 atom stereocenters. The molecule has 17 heavy (non-hydrogen) atoms. The lowest BCUT2D eigenvalue weighted by atomic mass is 10.1. The molecule has 0 aliphatic rings. The predicted molar refractivity (Wildman–Crippen MR) is 77.0 cm³/mol. The van der Waals surface area contributed by atoms with E-state index in [0.717, 1.165) is 19.5 Å². The molecule has 1 aromatic rings. The fourth-order valence-electron chi connectivity index (χ4n) is 1.76. The van der Waals surface area contributed by atoms with Crippen molar-refractivity contribution in [1.29, 1.82) is 0 Å². The summed E-state index contributed by atoms with van der Waals surface area (Å²) in [5, 5.41) is 0. The Morgan fingerprint density at radius 2 is 1.76 bits per heavy atom. The first kappa shape index (κ1) is 13.8. The van der Waals surface area contributed by atoms with Crippen molar-refractivity contribution in [2.45, 2.75) is 40.0 Å². The van der Waals surface area contributed by atoms with Gasteiger partial charge in [-0.05, 0) is 43.2 Å². The van der Waals surface area contributed by atoms with Crippen LogP contribution >= 0.6 is 0 Å². The highest BCUT2D eigenvalue weighted by molar-refractivity contribution is 5.49. The second-order valence-electron chi connectivity index (χ2n) is 4.39. The summed E-state index contributed by atoms with van der Waals surface area (Å²) in [4.78, 5) is 2.37. The lowest BCUT2D eigenvalue weighted by Gasteiger charge is -2.17. The molecule has 0 spiro atoms. The van der Waals surface area contributed by atoms with E-state index in [1.165, 1.54) is 24.0 Å². The molecule has 0 bridgehead atoms. The van der Waals surface area contributed by atoms with Crippen molar-refractivity contribution in [2.75, 3.05) is 13.1 Å². The Hall–Kier alpha value is -1.24. The van der Waals surface area contributed by atoms with E-state index in [0.29, 0.717) is 0 Å². The second-order valence-corrected chi connectivity index (χ2v) is 4.39. The van der Waals surface area contributed by atoms with Gasteiger partial charge in [0.25, 0.3) is 0 Å². The maximum absolute atomic E-state index is 2.37. The Bertz CT molecular complexity index is 324. The Morgan fingerprint density at radius 3 is 2.29 bits per heavy atom. The van der Waals surface area contributed by atoms with Crippen LogP contribution in [0.3, 0.4) is 0 Å². The van der Waals surface area contributed by atoms with E-state index in [-0.39, 0.29) is 0 Å². The number of nitrogens with zero attached hydrogens (tertiary/aromatic N) is 1. The van der Waals surface area contributed by atoms with Crippen LogP contribution in [0.15, 0.2) is 30.5 Å². The van der Waals surface area contributed by atoms with Gasteiger partial charge in [0.2, 0.25) is 0 Å². The summed E-state index contributed by atoms with van der Waals surface area (Å²) in [6.07, 6.45) is 8.07. The third kappa shape index (κ3) is 5.08. The fraction of sp³-hybridized carbons (Fsp3) is 0.500. The molecular formula is C16H25N. The summed E-state index contributed by atoms with van der Waals surface area (Å²) in [5.74, 6) is 0. The summed E-state index contributed by atoms with van der Waals surface area (Å²) in [6.45, 7) is 8.88. The van der Waals surface area contributed by atoms with E-state index in [1.54, 1.807) is 0 Å². The average Bonchev–Trinajstić information content (AvgIpc) is 2.39. The van der Waals surface area contributed by atoms with Crippen molar-refractivity contribution >= 4 is 6.08 Å². The van der Waals surface area contributed by atoms with Gasteiger partial charge < -0.3 is 4.90 Å². The monoisotopic (exact) mass is 231 g/mol. The molecule has 0 amide bonds. The topological polar surface area (TPSA) is 3.24 Å². The Labute approximate surface area is 106 Å². The van der Waals surface area contributed by atoms with E-state index < -0.39 is 0 Å². The van der Waals surface area contributed by atoms with Gasteiger partial charge >= 0.3 is 0 Å². The zero-order valence-corrected chi connectivity index (χ0v) is 11.4. The van der Waals surface area contributed by atoms with Crippen LogP contribution in [-0.4, -0.2) is 18.0 Å². The van der Waals surface area contributed by atoms with Crippen molar-refractivity contribution in [3.63, 3.8) is 0 Å². The molecule has 0 unspecified atom stereocenters. The molecule has 0 aromatic heterocycles. The standard InChI is InChI=1S/C16H25N/c1-4-7-13-17(6-3)14-12-16-10-8-15(5-2)9-11-16/h8-12,14H,4-7,13H2,1-3H3/b14-12+. The van der Waals surface area contributed by atoms with Crippen LogP contribution in [0.5, 0.6) is 0 Å². The molecule has 0 aliphatic heterocycles. The van der Waals surface area contributed by atoms with Crippen molar-refractivity contribution in [3.05, 3.63) is 41.6 Å². The van der Waals surface area contributed by atoms with Gasteiger partial charge in [0.1, 0.15) is 0 Å². The van der Waals surface area contributed by atoms with Gasteiger partial charge in [-0.15, -0.1) is 0 Å².